The second-order valence-corrected chi connectivity index (χ2v) is 5.54. The van der Waals surface area contributed by atoms with Crippen molar-refractivity contribution in [1.29, 1.82) is 0 Å². The molecule has 1 atom stereocenters. The Morgan fingerprint density at radius 2 is 2.33 bits per heavy atom. The molecule has 1 saturated carbocycles. The first-order valence-electron chi connectivity index (χ1n) is 5.54. The fraction of sp³-hybridized carbons (Fsp3) is 0.727. The molecule has 3 nitrogen and oxygen atoms in total. The van der Waals surface area contributed by atoms with Crippen LogP contribution in [-0.4, -0.2) is 25.9 Å². The second-order valence-electron chi connectivity index (χ2n) is 4.20. The maximum absolute atomic E-state index is 9.92. The third kappa shape index (κ3) is 2.98. The van der Waals surface area contributed by atoms with Gasteiger partial charge in [0.1, 0.15) is 0 Å². The second kappa shape index (κ2) is 5.03. The minimum atomic E-state index is -0.357. The number of nitrogens with zero attached hydrogens (tertiary/aromatic N) is 2. The summed E-state index contributed by atoms with van der Waals surface area (Å²) in [5.41, 5.74) is 0.933. The van der Waals surface area contributed by atoms with E-state index in [-0.39, 0.29) is 6.10 Å². The minimum Gasteiger partial charge on any atom is -0.387 e. The van der Waals surface area contributed by atoms with Crippen molar-refractivity contribution in [3.8, 4) is 0 Å². The van der Waals surface area contributed by atoms with Crippen molar-refractivity contribution < 1.29 is 5.11 Å². The highest BCUT2D eigenvalue weighted by Gasteiger charge is 2.18. The van der Waals surface area contributed by atoms with E-state index in [9.17, 15) is 5.11 Å². The fourth-order valence-corrected chi connectivity index (χ4v) is 3.30. The number of hydrogen-bond donors (Lipinski definition) is 1. The van der Waals surface area contributed by atoms with E-state index in [0.29, 0.717) is 0 Å². The Labute approximate surface area is 94.9 Å². The minimum absolute atomic E-state index is 0.357. The van der Waals surface area contributed by atoms with Gasteiger partial charge >= 0.3 is 0 Å². The smallest absolute Gasteiger partial charge is 0.0910 e. The standard InChI is InChI=1S/C11H18N2OS/c1-13-7-9(6-12-13)11(14)8-15-10-4-2-3-5-10/h6-7,10-11,14H,2-5,8H2,1H3. The Bertz CT molecular complexity index is 307. The van der Waals surface area contributed by atoms with Crippen LogP contribution in [-0.2, 0) is 7.05 Å². The molecule has 0 aliphatic heterocycles. The summed E-state index contributed by atoms with van der Waals surface area (Å²) in [6.07, 6.45) is 8.65. The fourth-order valence-electron chi connectivity index (χ4n) is 1.99. The van der Waals surface area contributed by atoms with E-state index in [1.165, 1.54) is 25.7 Å². The average Bonchev–Trinajstić information content (AvgIpc) is 2.84. The molecule has 84 valence electrons. The Morgan fingerprint density at radius 1 is 1.60 bits per heavy atom. The lowest BCUT2D eigenvalue weighted by atomic mass is 10.2. The summed E-state index contributed by atoms with van der Waals surface area (Å²) in [6.45, 7) is 0. The lowest BCUT2D eigenvalue weighted by Crippen LogP contribution is -2.04. The average molecular weight is 226 g/mol. The van der Waals surface area contributed by atoms with Gasteiger partial charge in [-0.05, 0) is 12.8 Å². The van der Waals surface area contributed by atoms with E-state index in [4.69, 9.17) is 0 Å². The molecule has 1 heterocycles. The molecular weight excluding hydrogens is 208 g/mol. The van der Waals surface area contributed by atoms with Gasteiger partial charge in [0.25, 0.3) is 0 Å². The van der Waals surface area contributed by atoms with Crippen molar-refractivity contribution in [1.82, 2.24) is 9.78 Å². The Morgan fingerprint density at radius 3 is 2.93 bits per heavy atom. The first-order chi connectivity index (χ1) is 7.25. The van der Waals surface area contributed by atoms with Crippen LogP contribution in [0.1, 0.15) is 37.4 Å². The van der Waals surface area contributed by atoms with Gasteiger partial charge in [0.15, 0.2) is 0 Å². The monoisotopic (exact) mass is 226 g/mol. The van der Waals surface area contributed by atoms with E-state index < -0.39 is 0 Å². The van der Waals surface area contributed by atoms with Crippen molar-refractivity contribution in [2.24, 2.45) is 7.05 Å². The van der Waals surface area contributed by atoms with E-state index in [0.717, 1.165) is 16.6 Å². The highest BCUT2D eigenvalue weighted by atomic mass is 32.2. The first-order valence-corrected chi connectivity index (χ1v) is 6.59. The molecule has 1 N–H and O–H groups in total. The van der Waals surface area contributed by atoms with Crippen LogP contribution >= 0.6 is 11.8 Å². The van der Waals surface area contributed by atoms with Crippen molar-refractivity contribution in [2.75, 3.05) is 5.75 Å². The Kier molecular flexibility index (Phi) is 3.70. The molecule has 2 rings (SSSR count). The first kappa shape index (κ1) is 11.0. The summed E-state index contributed by atoms with van der Waals surface area (Å²) in [5, 5.41) is 14.8. The van der Waals surface area contributed by atoms with Crippen molar-refractivity contribution >= 4 is 11.8 Å². The molecule has 0 saturated heterocycles. The number of aromatic nitrogens is 2. The summed E-state index contributed by atoms with van der Waals surface area (Å²) in [7, 11) is 1.88. The molecule has 0 amide bonds. The van der Waals surface area contributed by atoms with E-state index in [1.54, 1.807) is 10.9 Å². The predicted molar refractivity (Wildman–Crippen MR) is 62.9 cm³/mol. The summed E-state index contributed by atoms with van der Waals surface area (Å²) >= 11 is 1.91. The Balaban J connectivity index is 1.79. The van der Waals surface area contributed by atoms with Crippen LogP contribution in [0.5, 0.6) is 0 Å². The molecule has 0 aromatic carbocycles. The number of aryl methyl sites for hydroxylation is 1. The van der Waals surface area contributed by atoms with Crippen molar-refractivity contribution in [3.05, 3.63) is 18.0 Å². The predicted octanol–water partition coefficient (Wildman–Crippen LogP) is 2.13. The van der Waals surface area contributed by atoms with Crippen LogP contribution in [0.2, 0.25) is 0 Å². The SMILES string of the molecule is Cn1cc(C(O)CSC2CCCC2)cn1. The number of aliphatic hydroxyl groups excluding tert-OH is 1. The van der Waals surface area contributed by atoms with Gasteiger partial charge in [-0.15, -0.1) is 0 Å². The summed E-state index contributed by atoms with van der Waals surface area (Å²) in [5.74, 6) is 0.802. The third-order valence-corrected chi connectivity index (χ3v) is 4.35. The number of hydrogen-bond acceptors (Lipinski definition) is 3. The van der Waals surface area contributed by atoms with Gasteiger partial charge in [-0.3, -0.25) is 4.68 Å². The highest BCUT2D eigenvalue weighted by molar-refractivity contribution is 7.99. The quantitative estimate of drug-likeness (QED) is 0.854. The topological polar surface area (TPSA) is 38.0 Å². The van der Waals surface area contributed by atoms with Crippen LogP contribution in [0.15, 0.2) is 12.4 Å². The lowest BCUT2D eigenvalue weighted by molar-refractivity contribution is 0.204. The molecule has 4 heteroatoms. The molecule has 0 bridgehead atoms. The largest absolute Gasteiger partial charge is 0.387 e. The zero-order valence-corrected chi connectivity index (χ0v) is 9.91. The van der Waals surface area contributed by atoms with Gasteiger partial charge in [-0.25, -0.2) is 0 Å². The van der Waals surface area contributed by atoms with Crippen molar-refractivity contribution in [2.45, 2.75) is 37.0 Å². The molecule has 15 heavy (non-hydrogen) atoms. The van der Waals surface area contributed by atoms with Crippen molar-refractivity contribution in [3.63, 3.8) is 0 Å². The molecule has 1 aromatic rings. The summed E-state index contributed by atoms with van der Waals surface area (Å²) < 4.78 is 1.73. The normalized spacial score (nSPS) is 19.6. The zero-order valence-electron chi connectivity index (χ0n) is 9.09. The van der Waals surface area contributed by atoms with Gasteiger partial charge in [0, 0.05) is 29.8 Å². The van der Waals surface area contributed by atoms with Crippen LogP contribution in [0.4, 0.5) is 0 Å². The molecule has 1 aliphatic carbocycles. The number of aliphatic hydroxyl groups is 1. The maximum Gasteiger partial charge on any atom is 0.0910 e. The highest BCUT2D eigenvalue weighted by Crippen LogP contribution is 2.31. The van der Waals surface area contributed by atoms with Crippen LogP contribution in [0.3, 0.4) is 0 Å². The number of thioether (sulfide) groups is 1. The van der Waals surface area contributed by atoms with Gasteiger partial charge in [0.2, 0.25) is 0 Å². The maximum atomic E-state index is 9.92. The molecule has 1 aliphatic rings. The molecule has 1 aromatic heterocycles. The molecule has 0 spiro atoms. The summed E-state index contributed by atoms with van der Waals surface area (Å²) in [4.78, 5) is 0. The zero-order chi connectivity index (χ0) is 10.7. The lowest BCUT2D eigenvalue weighted by Gasteiger charge is -2.12. The summed E-state index contributed by atoms with van der Waals surface area (Å²) in [6, 6.07) is 0. The number of rotatable bonds is 4. The van der Waals surface area contributed by atoms with Crippen LogP contribution in [0, 0.1) is 0 Å². The van der Waals surface area contributed by atoms with E-state index >= 15 is 0 Å². The van der Waals surface area contributed by atoms with E-state index in [2.05, 4.69) is 5.10 Å². The van der Waals surface area contributed by atoms with Crippen LogP contribution < -0.4 is 0 Å². The molecular formula is C11H18N2OS. The van der Waals surface area contributed by atoms with E-state index in [1.807, 2.05) is 25.0 Å². The third-order valence-electron chi connectivity index (χ3n) is 2.90. The molecule has 1 fully saturated rings. The van der Waals surface area contributed by atoms with Crippen LogP contribution in [0.25, 0.3) is 0 Å². The molecule has 1 unspecified atom stereocenters. The van der Waals surface area contributed by atoms with Gasteiger partial charge in [-0.2, -0.15) is 16.9 Å². The van der Waals surface area contributed by atoms with Gasteiger partial charge < -0.3 is 5.11 Å². The van der Waals surface area contributed by atoms with Gasteiger partial charge in [0.05, 0.1) is 12.3 Å². The Hall–Kier alpha value is -0.480. The van der Waals surface area contributed by atoms with Gasteiger partial charge in [-0.1, -0.05) is 12.8 Å². The molecule has 0 radical (unpaired) electrons.